The summed E-state index contributed by atoms with van der Waals surface area (Å²) >= 11 is 0. The molecule has 0 saturated heterocycles. The van der Waals surface area contributed by atoms with Gasteiger partial charge in [-0.25, -0.2) is 0 Å². The maximum absolute atomic E-state index is 3.08. The van der Waals surface area contributed by atoms with Gasteiger partial charge in [0, 0.05) is 0 Å². The Morgan fingerprint density at radius 1 is 0.625 bits per heavy atom. The van der Waals surface area contributed by atoms with E-state index < -0.39 is 0 Å². The molecule has 0 N–H and O–H groups in total. The molecule has 0 rings (SSSR count). The molecule has 0 aliphatic carbocycles. The predicted octanol–water partition coefficient (Wildman–Crippen LogP) is 1.68. The minimum Gasteiger partial charge on any atom is -0.293 e. The van der Waals surface area contributed by atoms with Gasteiger partial charge >= 0.3 is 0 Å². The normalized spacial score (nSPS) is 9.62. The van der Waals surface area contributed by atoms with Crippen molar-refractivity contribution in [3.63, 3.8) is 0 Å². The molecule has 0 unspecified atom stereocenters. The number of rotatable bonds is 6. The molecule has 90 valence electrons. The first-order chi connectivity index (χ1) is 7.78. The van der Waals surface area contributed by atoms with Crippen LogP contribution in [0.2, 0.25) is 0 Å². The van der Waals surface area contributed by atoms with Crippen LogP contribution < -0.4 is 0 Å². The summed E-state index contributed by atoms with van der Waals surface area (Å²) in [4.78, 5) is 4.55. The van der Waals surface area contributed by atoms with Crippen molar-refractivity contribution >= 4 is 0 Å². The van der Waals surface area contributed by atoms with Crippen LogP contribution in [0.1, 0.15) is 27.7 Å². The Labute approximate surface area is 101 Å². The average molecular weight is 220 g/mol. The van der Waals surface area contributed by atoms with Gasteiger partial charge in [-0.05, 0) is 38.0 Å². The van der Waals surface area contributed by atoms with Gasteiger partial charge in [0.25, 0.3) is 0 Å². The summed E-state index contributed by atoms with van der Waals surface area (Å²) in [7, 11) is 0. The highest BCUT2D eigenvalue weighted by Gasteiger charge is 1.93. The third kappa shape index (κ3) is 7.35. The molecule has 0 amide bonds. The maximum Gasteiger partial charge on any atom is 0.0611 e. The van der Waals surface area contributed by atoms with Gasteiger partial charge in [0.2, 0.25) is 0 Å². The van der Waals surface area contributed by atoms with Gasteiger partial charge in [0.1, 0.15) is 0 Å². The summed E-state index contributed by atoms with van der Waals surface area (Å²) in [5, 5.41) is 0. The molecule has 0 aromatic heterocycles. The van der Waals surface area contributed by atoms with Crippen LogP contribution in [0.25, 0.3) is 0 Å². The van der Waals surface area contributed by atoms with E-state index in [1.54, 1.807) is 0 Å². The van der Waals surface area contributed by atoms with Crippen LogP contribution in [-0.4, -0.2) is 49.1 Å². The summed E-state index contributed by atoms with van der Waals surface area (Å²) < 4.78 is 0. The molecule has 0 bridgehead atoms. The van der Waals surface area contributed by atoms with Gasteiger partial charge in [-0.3, -0.25) is 9.80 Å². The largest absolute Gasteiger partial charge is 0.293 e. The number of hydrogen-bond acceptors (Lipinski definition) is 2. The fourth-order valence-electron chi connectivity index (χ4n) is 1.29. The molecule has 0 heterocycles. The fourth-order valence-corrected chi connectivity index (χ4v) is 1.29. The summed E-state index contributed by atoms with van der Waals surface area (Å²) in [5.41, 5.74) is 0. The van der Waals surface area contributed by atoms with Crippen LogP contribution in [0.4, 0.5) is 0 Å². The second kappa shape index (κ2) is 10.6. The van der Waals surface area contributed by atoms with E-state index in [-0.39, 0.29) is 0 Å². The Balaban J connectivity index is 3.86. The van der Waals surface area contributed by atoms with Crippen LogP contribution in [0.15, 0.2) is 0 Å². The van der Waals surface area contributed by atoms with Crippen molar-refractivity contribution in [1.29, 1.82) is 0 Å². The first-order valence-corrected chi connectivity index (χ1v) is 6.18. The van der Waals surface area contributed by atoms with Gasteiger partial charge in [-0.1, -0.05) is 39.5 Å². The molecule has 0 saturated carbocycles. The molecule has 0 radical (unpaired) electrons. The third-order valence-corrected chi connectivity index (χ3v) is 2.63. The van der Waals surface area contributed by atoms with E-state index in [1.165, 1.54) is 0 Å². The van der Waals surface area contributed by atoms with Crippen LogP contribution in [0.3, 0.4) is 0 Å². The lowest BCUT2D eigenvalue weighted by Crippen LogP contribution is -2.23. The molecule has 2 nitrogen and oxygen atoms in total. The fraction of sp³-hybridized carbons (Fsp3) is 0.714. The molecule has 16 heavy (non-hydrogen) atoms. The standard InChI is InChI=1S/C14H24N2/c1-5-15(6-2)13-11-9-10-12-14-16(7-3)8-4/h5-8,13-14H2,1-4H3. The van der Waals surface area contributed by atoms with Gasteiger partial charge in [0.15, 0.2) is 0 Å². The van der Waals surface area contributed by atoms with Crippen molar-refractivity contribution in [2.75, 3.05) is 39.3 Å². The molecule has 0 fully saturated rings. The van der Waals surface area contributed by atoms with E-state index in [0.717, 1.165) is 39.3 Å². The van der Waals surface area contributed by atoms with E-state index in [1.807, 2.05) is 0 Å². The Morgan fingerprint density at radius 3 is 1.19 bits per heavy atom. The minimum absolute atomic E-state index is 0.826. The van der Waals surface area contributed by atoms with Gasteiger partial charge in [0.05, 0.1) is 13.1 Å². The molecule has 0 aromatic rings. The predicted molar refractivity (Wildman–Crippen MR) is 71.1 cm³/mol. The third-order valence-electron chi connectivity index (χ3n) is 2.63. The van der Waals surface area contributed by atoms with Crippen molar-refractivity contribution in [2.24, 2.45) is 0 Å². The molecule has 0 aliphatic rings. The van der Waals surface area contributed by atoms with Gasteiger partial charge in [-0.15, -0.1) is 0 Å². The first kappa shape index (κ1) is 15.0. The van der Waals surface area contributed by atoms with E-state index in [2.05, 4.69) is 61.2 Å². The summed E-state index contributed by atoms with van der Waals surface area (Å²) in [6.45, 7) is 14.5. The second-order valence-electron chi connectivity index (χ2n) is 3.53. The summed E-state index contributed by atoms with van der Waals surface area (Å²) in [6.07, 6.45) is 0. The van der Waals surface area contributed by atoms with Crippen molar-refractivity contribution in [3.05, 3.63) is 0 Å². The van der Waals surface area contributed by atoms with Gasteiger partial charge in [-0.2, -0.15) is 0 Å². The zero-order valence-corrected chi connectivity index (χ0v) is 11.1. The smallest absolute Gasteiger partial charge is 0.0611 e. The van der Waals surface area contributed by atoms with E-state index in [0.29, 0.717) is 0 Å². The first-order valence-electron chi connectivity index (χ1n) is 6.18. The Kier molecular flexibility index (Phi) is 9.92. The number of hydrogen-bond donors (Lipinski definition) is 0. The van der Waals surface area contributed by atoms with Crippen molar-refractivity contribution in [1.82, 2.24) is 9.80 Å². The topological polar surface area (TPSA) is 6.48 Å². The summed E-state index contributed by atoms with van der Waals surface area (Å²) in [5.74, 6) is 12.0. The Hall–Kier alpha value is -0.960. The Morgan fingerprint density at radius 2 is 0.938 bits per heavy atom. The lowest BCUT2D eigenvalue weighted by molar-refractivity contribution is 0.342. The summed E-state index contributed by atoms with van der Waals surface area (Å²) in [6, 6.07) is 0. The number of nitrogens with zero attached hydrogens (tertiary/aromatic N) is 2. The molecule has 0 aromatic carbocycles. The van der Waals surface area contributed by atoms with Crippen molar-refractivity contribution in [2.45, 2.75) is 27.7 Å². The van der Waals surface area contributed by atoms with Gasteiger partial charge < -0.3 is 0 Å². The highest BCUT2D eigenvalue weighted by atomic mass is 15.1. The van der Waals surface area contributed by atoms with E-state index in [4.69, 9.17) is 0 Å². The zero-order chi connectivity index (χ0) is 12.2. The molecular formula is C14H24N2. The zero-order valence-electron chi connectivity index (χ0n) is 11.1. The average Bonchev–Trinajstić information content (AvgIpc) is 2.33. The van der Waals surface area contributed by atoms with E-state index in [9.17, 15) is 0 Å². The highest BCUT2D eigenvalue weighted by molar-refractivity contribution is 5.26. The van der Waals surface area contributed by atoms with E-state index >= 15 is 0 Å². The van der Waals surface area contributed by atoms with Crippen LogP contribution in [0, 0.1) is 23.7 Å². The quantitative estimate of drug-likeness (QED) is 0.628. The van der Waals surface area contributed by atoms with Crippen LogP contribution in [-0.2, 0) is 0 Å². The highest BCUT2D eigenvalue weighted by Crippen LogP contribution is 1.84. The van der Waals surface area contributed by atoms with Crippen LogP contribution in [0.5, 0.6) is 0 Å². The lowest BCUT2D eigenvalue weighted by Gasteiger charge is -2.13. The molecule has 0 spiro atoms. The SMILES string of the molecule is CCN(CC)CC#CC#CCN(CC)CC. The molecule has 2 heteroatoms. The van der Waals surface area contributed by atoms with Crippen molar-refractivity contribution in [3.8, 4) is 23.7 Å². The lowest BCUT2D eigenvalue weighted by atomic mass is 10.4. The minimum atomic E-state index is 0.826. The van der Waals surface area contributed by atoms with Crippen LogP contribution >= 0.6 is 0 Å². The van der Waals surface area contributed by atoms with Crippen molar-refractivity contribution < 1.29 is 0 Å². The Bertz CT molecular complexity index is 237. The molecule has 0 atom stereocenters. The second-order valence-corrected chi connectivity index (χ2v) is 3.53. The maximum atomic E-state index is 3.08. The molecule has 0 aliphatic heterocycles. The molecular weight excluding hydrogens is 196 g/mol. The monoisotopic (exact) mass is 220 g/mol.